The normalized spacial score (nSPS) is 21.3. The van der Waals surface area contributed by atoms with E-state index in [0.29, 0.717) is 25.1 Å². The topological polar surface area (TPSA) is 46.1 Å². The minimum Gasteiger partial charge on any atom is -0.376 e. The number of aliphatic imine (C=N–C) groups is 1. The van der Waals surface area contributed by atoms with Gasteiger partial charge in [-0.3, -0.25) is 4.99 Å². The van der Waals surface area contributed by atoms with Crippen LogP contribution in [-0.2, 0) is 15.9 Å². The number of hydrogen-bond acceptors (Lipinski definition) is 3. The summed E-state index contributed by atoms with van der Waals surface area (Å²) in [6.07, 6.45) is 5.05. The van der Waals surface area contributed by atoms with Gasteiger partial charge in [-0.15, -0.1) is 0 Å². The van der Waals surface area contributed by atoms with Gasteiger partial charge in [0.25, 0.3) is 0 Å². The van der Waals surface area contributed by atoms with Crippen molar-refractivity contribution in [3.8, 4) is 0 Å². The molecule has 1 aromatic carbocycles. The van der Waals surface area contributed by atoms with Crippen LogP contribution < -0.4 is 5.32 Å². The highest BCUT2D eigenvalue weighted by atomic mass is 19.1. The largest absolute Gasteiger partial charge is 0.376 e. The lowest BCUT2D eigenvalue weighted by molar-refractivity contribution is -0.0367. The first kappa shape index (κ1) is 21.0. The molecular formula is C21H31F2N3O2. The number of benzene rings is 1. The van der Waals surface area contributed by atoms with Crippen LogP contribution in [0.5, 0.6) is 0 Å². The molecule has 0 aromatic heterocycles. The molecule has 0 aliphatic carbocycles. The number of rotatable bonds is 7. The molecule has 1 N–H and O–H groups in total. The van der Waals surface area contributed by atoms with Gasteiger partial charge < -0.3 is 19.7 Å². The zero-order valence-corrected chi connectivity index (χ0v) is 16.6. The van der Waals surface area contributed by atoms with Crippen molar-refractivity contribution >= 4 is 5.96 Å². The average Bonchev–Trinajstić information content (AvgIpc) is 3.22. The van der Waals surface area contributed by atoms with E-state index in [0.717, 1.165) is 64.0 Å². The Hall–Kier alpha value is -1.73. The van der Waals surface area contributed by atoms with Crippen LogP contribution >= 0.6 is 0 Å². The van der Waals surface area contributed by atoms with E-state index in [2.05, 4.69) is 15.2 Å². The highest BCUT2D eigenvalue weighted by molar-refractivity contribution is 5.80. The van der Waals surface area contributed by atoms with Crippen LogP contribution in [0, 0.1) is 11.6 Å². The molecule has 1 unspecified atom stereocenters. The summed E-state index contributed by atoms with van der Waals surface area (Å²) in [5, 5.41) is 3.30. The Bertz CT molecular complexity index is 643. The Morgan fingerprint density at radius 1 is 1.29 bits per heavy atom. The summed E-state index contributed by atoms with van der Waals surface area (Å²) >= 11 is 0. The second-order valence-electron chi connectivity index (χ2n) is 7.38. The zero-order valence-electron chi connectivity index (χ0n) is 16.6. The van der Waals surface area contributed by atoms with Crippen molar-refractivity contribution in [2.45, 2.75) is 51.2 Å². The van der Waals surface area contributed by atoms with Crippen molar-refractivity contribution in [2.75, 3.05) is 39.4 Å². The number of hydrogen-bond donors (Lipinski definition) is 1. The number of halogens is 2. The van der Waals surface area contributed by atoms with E-state index in [1.165, 1.54) is 12.1 Å². The molecule has 7 heteroatoms. The predicted molar refractivity (Wildman–Crippen MR) is 106 cm³/mol. The van der Waals surface area contributed by atoms with Gasteiger partial charge >= 0.3 is 0 Å². The molecule has 1 atom stereocenters. The molecule has 2 aliphatic rings. The zero-order chi connectivity index (χ0) is 19.8. The van der Waals surface area contributed by atoms with Gasteiger partial charge in [-0.2, -0.15) is 0 Å². The molecule has 0 spiro atoms. The number of guanidine groups is 1. The number of piperidine rings is 1. The van der Waals surface area contributed by atoms with Crippen LogP contribution in [0.15, 0.2) is 23.2 Å². The molecule has 2 saturated heterocycles. The summed E-state index contributed by atoms with van der Waals surface area (Å²) in [6.45, 7) is 6.50. The molecule has 156 valence electrons. The summed E-state index contributed by atoms with van der Waals surface area (Å²) in [4.78, 5) is 6.84. The maximum absolute atomic E-state index is 13.8. The molecule has 1 aromatic rings. The molecule has 28 heavy (non-hydrogen) atoms. The van der Waals surface area contributed by atoms with Gasteiger partial charge in [0, 0.05) is 32.8 Å². The number of nitrogens with one attached hydrogen (secondary N) is 1. The standard InChI is InChI=1S/C21H31F2N3O2/c1-2-24-21(25-10-7-16-14-17(22)5-6-20(16)23)26-11-8-18(9-12-26)28-15-19-4-3-13-27-19/h5-6,14,18-19H,2-4,7-13,15H2,1H3,(H,24,25). The van der Waals surface area contributed by atoms with Gasteiger partial charge in [0.15, 0.2) is 5.96 Å². The summed E-state index contributed by atoms with van der Waals surface area (Å²) in [7, 11) is 0. The van der Waals surface area contributed by atoms with Crippen LogP contribution in [-0.4, -0.2) is 62.5 Å². The minimum absolute atomic E-state index is 0.264. The maximum atomic E-state index is 13.8. The van der Waals surface area contributed by atoms with E-state index < -0.39 is 5.82 Å². The Morgan fingerprint density at radius 2 is 2.11 bits per heavy atom. The van der Waals surface area contributed by atoms with Gasteiger partial charge in [0.2, 0.25) is 0 Å². The predicted octanol–water partition coefficient (Wildman–Crippen LogP) is 3.13. The van der Waals surface area contributed by atoms with Gasteiger partial charge in [-0.1, -0.05) is 0 Å². The molecule has 0 bridgehead atoms. The molecule has 0 amide bonds. The molecule has 2 heterocycles. The Balaban J connectivity index is 1.46. The van der Waals surface area contributed by atoms with Crippen LogP contribution in [0.4, 0.5) is 8.78 Å². The van der Waals surface area contributed by atoms with Crippen molar-refractivity contribution in [3.63, 3.8) is 0 Å². The first-order valence-corrected chi connectivity index (χ1v) is 10.4. The van der Waals surface area contributed by atoms with Gasteiger partial charge in [-0.05, 0) is 62.8 Å². The summed E-state index contributed by atoms with van der Waals surface area (Å²) in [5.41, 5.74) is 0.362. The van der Waals surface area contributed by atoms with Crippen LogP contribution in [0.1, 0.15) is 38.2 Å². The second kappa shape index (κ2) is 10.7. The third-order valence-corrected chi connectivity index (χ3v) is 5.27. The van der Waals surface area contributed by atoms with Gasteiger partial charge in [0.1, 0.15) is 11.6 Å². The summed E-state index contributed by atoms with van der Waals surface area (Å²) in [6, 6.07) is 3.55. The van der Waals surface area contributed by atoms with Crippen LogP contribution in [0.2, 0.25) is 0 Å². The fourth-order valence-corrected chi connectivity index (χ4v) is 3.70. The highest BCUT2D eigenvalue weighted by Crippen LogP contribution is 2.18. The molecular weight excluding hydrogens is 364 g/mol. The van der Waals surface area contributed by atoms with Crippen molar-refractivity contribution < 1.29 is 18.3 Å². The third kappa shape index (κ3) is 6.14. The lowest BCUT2D eigenvalue weighted by atomic mass is 10.1. The van der Waals surface area contributed by atoms with Gasteiger partial charge in [-0.25, -0.2) is 8.78 Å². The number of likely N-dealkylation sites (tertiary alicyclic amines) is 1. The fourth-order valence-electron chi connectivity index (χ4n) is 3.70. The van der Waals surface area contributed by atoms with Crippen molar-refractivity contribution in [1.29, 1.82) is 0 Å². The first-order chi connectivity index (χ1) is 13.7. The van der Waals surface area contributed by atoms with E-state index in [1.54, 1.807) is 0 Å². The maximum Gasteiger partial charge on any atom is 0.193 e. The van der Waals surface area contributed by atoms with E-state index in [4.69, 9.17) is 9.47 Å². The lowest BCUT2D eigenvalue weighted by Crippen LogP contribution is -2.47. The number of ether oxygens (including phenoxy) is 2. The van der Waals surface area contributed by atoms with Crippen molar-refractivity contribution in [2.24, 2.45) is 4.99 Å². The van der Waals surface area contributed by atoms with E-state index in [9.17, 15) is 8.78 Å². The average molecular weight is 395 g/mol. The van der Waals surface area contributed by atoms with Crippen molar-refractivity contribution in [3.05, 3.63) is 35.4 Å². The Labute approximate surface area is 166 Å². The third-order valence-electron chi connectivity index (χ3n) is 5.27. The Kier molecular flexibility index (Phi) is 8.03. The quantitative estimate of drug-likeness (QED) is 0.569. The van der Waals surface area contributed by atoms with Crippen LogP contribution in [0.25, 0.3) is 0 Å². The SMILES string of the molecule is CCNC(=NCCc1cc(F)ccc1F)N1CCC(OCC2CCCO2)CC1. The Morgan fingerprint density at radius 3 is 2.82 bits per heavy atom. The smallest absolute Gasteiger partial charge is 0.193 e. The molecule has 0 radical (unpaired) electrons. The monoisotopic (exact) mass is 395 g/mol. The number of nitrogens with zero attached hydrogens (tertiary/aromatic N) is 2. The van der Waals surface area contributed by atoms with E-state index in [1.807, 2.05) is 6.92 Å². The lowest BCUT2D eigenvalue weighted by Gasteiger charge is -2.34. The molecule has 0 saturated carbocycles. The van der Waals surface area contributed by atoms with Crippen molar-refractivity contribution in [1.82, 2.24) is 10.2 Å². The highest BCUT2D eigenvalue weighted by Gasteiger charge is 2.24. The minimum atomic E-state index is -0.419. The van der Waals surface area contributed by atoms with Gasteiger partial charge in [0.05, 0.1) is 18.8 Å². The molecule has 5 nitrogen and oxygen atoms in total. The summed E-state index contributed by atoms with van der Waals surface area (Å²) < 4.78 is 38.7. The van der Waals surface area contributed by atoms with Crippen LogP contribution in [0.3, 0.4) is 0 Å². The molecule has 3 rings (SSSR count). The van der Waals surface area contributed by atoms with E-state index >= 15 is 0 Å². The first-order valence-electron chi connectivity index (χ1n) is 10.4. The molecule has 2 fully saturated rings. The fraction of sp³-hybridized carbons (Fsp3) is 0.667. The second-order valence-corrected chi connectivity index (χ2v) is 7.38. The summed E-state index contributed by atoms with van der Waals surface area (Å²) in [5.74, 6) is 0.0278. The van der Waals surface area contributed by atoms with E-state index in [-0.39, 0.29) is 18.0 Å². The molecule has 2 aliphatic heterocycles.